The lowest BCUT2D eigenvalue weighted by atomic mass is 9.56. The van der Waals surface area contributed by atoms with Gasteiger partial charge < -0.3 is 4.74 Å². The van der Waals surface area contributed by atoms with Gasteiger partial charge in [-0.05, 0) is 37.0 Å². The van der Waals surface area contributed by atoms with Crippen molar-refractivity contribution < 1.29 is 17.3 Å². The van der Waals surface area contributed by atoms with Crippen LogP contribution in [-0.2, 0) is 19.0 Å². The molecule has 0 amide bonds. The van der Waals surface area contributed by atoms with E-state index >= 15 is 0 Å². The molecule has 0 aromatic carbocycles. The van der Waals surface area contributed by atoms with Crippen LogP contribution in [0.1, 0.15) is 46.0 Å². The summed E-state index contributed by atoms with van der Waals surface area (Å²) in [6, 6.07) is 0. The summed E-state index contributed by atoms with van der Waals surface area (Å²) in [6.07, 6.45) is 6.27. The largest absolute Gasteiger partial charge is 0.362 e. The summed E-state index contributed by atoms with van der Waals surface area (Å²) >= 11 is 0. The van der Waals surface area contributed by atoms with Crippen molar-refractivity contribution in [1.29, 1.82) is 0 Å². The maximum Gasteiger partial charge on any atom is 0.264 e. The van der Waals surface area contributed by atoms with Gasteiger partial charge in [0.15, 0.2) is 0 Å². The first kappa shape index (κ1) is 12.9. The highest BCUT2D eigenvalue weighted by Gasteiger charge is 2.74. The van der Waals surface area contributed by atoms with E-state index in [-0.39, 0.29) is 23.2 Å². The number of rotatable bonds is 2. The second kappa shape index (κ2) is 3.70. The molecular weight excluding hydrogens is 252 g/mol. The average molecular weight is 274 g/mol. The molecule has 1 heterocycles. The first-order valence-electron chi connectivity index (χ1n) is 6.85. The Hall–Kier alpha value is -0.130. The van der Waals surface area contributed by atoms with Crippen LogP contribution < -0.4 is 0 Å². The van der Waals surface area contributed by atoms with Crippen molar-refractivity contribution in [3.05, 3.63) is 0 Å². The molecule has 3 rings (SSSR count). The number of hydrogen-bond donors (Lipinski definition) is 0. The molecule has 3 aliphatic rings. The van der Waals surface area contributed by atoms with Crippen molar-refractivity contribution >= 4 is 10.1 Å². The summed E-state index contributed by atoms with van der Waals surface area (Å²) in [7, 11) is -3.39. The van der Waals surface area contributed by atoms with Gasteiger partial charge in [-0.1, -0.05) is 20.3 Å². The quantitative estimate of drug-likeness (QED) is 0.571. The maximum absolute atomic E-state index is 11.3. The molecule has 0 aromatic heterocycles. The number of hydrogen-bond acceptors (Lipinski definition) is 4. The van der Waals surface area contributed by atoms with Gasteiger partial charge in [0.05, 0.1) is 6.26 Å². The Morgan fingerprint density at radius 2 is 2.00 bits per heavy atom. The van der Waals surface area contributed by atoms with Crippen molar-refractivity contribution in [1.82, 2.24) is 0 Å². The molecule has 1 aliphatic heterocycles. The van der Waals surface area contributed by atoms with Crippen LogP contribution >= 0.6 is 0 Å². The smallest absolute Gasteiger partial charge is 0.264 e. The Morgan fingerprint density at radius 3 is 2.67 bits per heavy atom. The second-order valence-electron chi connectivity index (χ2n) is 6.56. The Balaban J connectivity index is 1.85. The molecule has 2 aliphatic carbocycles. The highest BCUT2D eigenvalue weighted by Crippen LogP contribution is 2.67. The van der Waals surface area contributed by atoms with Crippen LogP contribution in [0, 0.1) is 11.3 Å². The normalized spacial score (nSPS) is 51.4. The molecule has 0 N–H and O–H groups in total. The van der Waals surface area contributed by atoms with Gasteiger partial charge in [-0.25, -0.2) is 0 Å². The molecule has 18 heavy (non-hydrogen) atoms. The third-order valence-electron chi connectivity index (χ3n) is 5.35. The molecular formula is C13H22O4S. The minimum Gasteiger partial charge on any atom is -0.362 e. The van der Waals surface area contributed by atoms with Crippen LogP contribution in [0.5, 0.6) is 0 Å². The second-order valence-corrected chi connectivity index (χ2v) is 8.16. The van der Waals surface area contributed by atoms with Crippen molar-refractivity contribution in [2.24, 2.45) is 11.3 Å². The molecule has 0 bridgehead atoms. The van der Waals surface area contributed by atoms with E-state index in [9.17, 15) is 8.42 Å². The van der Waals surface area contributed by atoms with E-state index in [1.165, 1.54) is 19.3 Å². The van der Waals surface area contributed by atoms with E-state index in [1.807, 2.05) is 0 Å². The van der Waals surface area contributed by atoms with E-state index in [2.05, 4.69) is 13.8 Å². The van der Waals surface area contributed by atoms with Crippen molar-refractivity contribution in [2.75, 3.05) is 6.26 Å². The summed E-state index contributed by atoms with van der Waals surface area (Å²) in [5.41, 5.74) is 0.103. The maximum atomic E-state index is 11.3. The molecule has 3 fully saturated rings. The predicted octanol–water partition coefficient (Wildman–Crippen LogP) is 2.09. The zero-order valence-corrected chi connectivity index (χ0v) is 12.1. The molecule has 5 atom stereocenters. The van der Waals surface area contributed by atoms with Crippen molar-refractivity contribution in [2.45, 2.75) is 63.8 Å². The lowest BCUT2D eigenvalue weighted by molar-refractivity contribution is 0.00110. The molecule has 2 saturated carbocycles. The van der Waals surface area contributed by atoms with Gasteiger partial charge in [0.1, 0.15) is 17.8 Å². The predicted molar refractivity (Wildman–Crippen MR) is 67.7 cm³/mol. The van der Waals surface area contributed by atoms with Crippen LogP contribution in [0.25, 0.3) is 0 Å². The SMILES string of the molecule is C[C@H]1CCC[C@@]2(C)CC[C@H](OS(C)(=O)=O)[C@H]3O[C@@]312. The van der Waals surface area contributed by atoms with Crippen LogP contribution in [0.2, 0.25) is 0 Å². The molecule has 0 radical (unpaired) electrons. The molecule has 104 valence electrons. The van der Waals surface area contributed by atoms with Gasteiger partial charge in [0.2, 0.25) is 0 Å². The Kier molecular flexibility index (Phi) is 2.65. The standard InChI is InChI=1S/C13H22O4S/c1-9-5-4-7-12(2)8-6-10(17-18(3,14)15)11-13(9,12)16-11/h9-11H,4-8H2,1-3H3/t9-,10-,11+,12-,13+/m0/s1. The lowest BCUT2D eigenvalue weighted by Crippen LogP contribution is -2.52. The topological polar surface area (TPSA) is 55.9 Å². The third-order valence-corrected chi connectivity index (χ3v) is 5.94. The van der Waals surface area contributed by atoms with Gasteiger partial charge in [-0.15, -0.1) is 0 Å². The van der Waals surface area contributed by atoms with Crippen molar-refractivity contribution in [3.63, 3.8) is 0 Å². The monoisotopic (exact) mass is 274 g/mol. The summed E-state index contributed by atoms with van der Waals surface area (Å²) in [5.74, 6) is 0.507. The van der Waals surface area contributed by atoms with Gasteiger partial charge in [-0.2, -0.15) is 8.42 Å². The fourth-order valence-corrected chi connectivity index (χ4v) is 5.12. The number of ether oxygens (including phenoxy) is 1. The average Bonchev–Trinajstić information content (AvgIpc) is 2.97. The summed E-state index contributed by atoms with van der Waals surface area (Å²) in [4.78, 5) is 0. The first-order valence-corrected chi connectivity index (χ1v) is 8.66. The van der Waals surface area contributed by atoms with Crippen molar-refractivity contribution in [3.8, 4) is 0 Å². The molecule has 5 heteroatoms. The lowest BCUT2D eigenvalue weighted by Gasteiger charge is -2.47. The highest BCUT2D eigenvalue weighted by atomic mass is 32.2. The van der Waals surface area contributed by atoms with E-state index < -0.39 is 10.1 Å². The highest BCUT2D eigenvalue weighted by molar-refractivity contribution is 7.86. The van der Waals surface area contributed by atoms with E-state index in [1.54, 1.807) is 0 Å². The zero-order valence-electron chi connectivity index (χ0n) is 11.3. The molecule has 1 saturated heterocycles. The molecule has 0 unspecified atom stereocenters. The summed E-state index contributed by atoms with van der Waals surface area (Å²) in [5, 5.41) is 0. The minimum atomic E-state index is -3.39. The van der Waals surface area contributed by atoms with Gasteiger partial charge >= 0.3 is 0 Å². The molecule has 0 aromatic rings. The number of epoxide rings is 1. The van der Waals surface area contributed by atoms with Crippen LogP contribution in [-0.4, -0.2) is 32.5 Å². The Morgan fingerprint density at radius 1 is 1.28 bits per heavy atom. The third kappa shape index (κ3) is 1.67. The summed E-state index contributed by atoms with van der Waals surface area (Å²) < 4.78 is 33.9. The van der Waals surface area contributed by atoms with Gasteiger partial charge in [0, 0.05) is 0 Å². The zero-order chi connectivity index (χ0) is 13.2. The summed E-state index contributed by atoms with van der Waals surface area (Å²) in [6.45, 7) is 4.54. The minimum absolute atomic E-state index is 0.0127. The molecule has 4 nitrogen and oxygen atoms in total. The van der Waals surface area contributed by atoms with E-state index in [0.29, 0.717) is 5.92 Å². The van der Waals surface area contributed by atoms with E-state index in [4.69, 9.17) is 8.92 Å². The fraction of sp³-hybridized carbons (Fsp3) is 1.00. The van der Waals surface area contributed by atoms with Crippen LogP contribution in [0.15, 0.2) is 0 Å². The van der Waals surface area contributed by atoms with Gasteiger partial charge in [-0.3, -0.25) is 4.18 Å². The fourth-order valence-electron chi connectivity index (χ4n) is 4.47. The Bertz CT molecular complexity index is 460. The van der Waals surface area contributed by atoms with Crippen LogP contribution in [0.3, 0.4) is 0 Å². The Labute approximate surface area is 109 Å². The van der Waals surface area contributed by atoms with E-state index in [0.717, 1.165) is 19.1 Å². The first-order chi connectivity index (χ1) is 8.29. The molecule has 1 spiro atoms. The van der Waals surface area contributed by atoms with Gasteiger partial charge in [0.25, 0.3) is 10.1 Å². The van der Waals surface area contributed by atoms with Crippen LogP contribution in [0.4, 0.5) is 0 Å².